The lowest BCUT2D eigenvalue weighted by Crippen LogP contribution is -2.52. The highest BCUT2D eigenvalue weighted by atomic mass is 19.4. The van der Waals surface area contributed by atoms with Gasteiger partial charge in [-0.3, -0.25) is 9.69 Å². The lowest BCUT2D eigenvalue weighted by Gasteiger charge is -2.31. The van der Waals surface area contributed by atoms with Crippen LogP contribution in [0.2, 0.25) is 0 Å². The van der Waals surface area contributed by atoms with Crippen LogP contribution in [0.25, 0.3) is 0 Å². The van der Waals surface area contributed by atoms with Crippen LogP contribution in [0.5, 0.6) is 0 Å². The maximum atomic E-state index is 12.6. The number of halogens is 3. The lowest BCUT2D eigenvalue weighted by atomic mass is 9.85. The number of hydrogen-bond donors (Lipinski definition) is 1. The zero-order valence-corrected chi connectivity index (χ0v) is 12.3. The molecule has 2 aliphatic carbocycles. The summed E-state index contributed by atoms with van der Waals surface area (Å²) in [6, 6.07) is 0.0401. The van der Waals surface area contributed by atoms with Crippen molar-refractivity contribution in [3.63, 3.8) is 0 Å². The summed E-state index contributed by atoms with van der Waals surface area (Å²) in [5, 5.41) is 0. The second-order valence-corrected chi connectivity index (χ2v) is 6.23. The molecule has 2 N–H and O–H groups in total. The molecule has 0 saturated heterocycles. The topological polar surface area (TPSA) is 55.6 Å². The van der Waals surface area contributed by atoms with Crippen LogP contribution in [-0.2, 0) is 9.53 Å². The van der Waals surface area contributed by atoms with Crippen molar-refractivity contribution in [2.45, 2.75) is 56.3 Å². The summed E-state index contributed by atoms with van der Waals surface area (Å²) in [6.07, 6.45) is 0.123. The molecule has 2 atom stereocenters. The number of methoxy groups -OCH3 is 1. The van der Waals surface area contributed by atoms with E-state index in [1.807, 2.05) is 0 Å². The summed E-state index contributed by atoms with van der Waals surface area (Å²) in [7, 11) is 1.30. The van der Waals surface area contributed by atoms with Crippen molar-refractivity contribution in [3.05, 3.63) is 0 Å². The maximum Gasteiger partial charge on any atom is 0.401 e. The number of alkyl halides is 3. The fourth-order valence-electron chi connectivity index (χ4n) is 3.35. The van der Waals surface area contributed by atoms with Crippen molar-refractivity contribution < 1.29 is 22.7 Å². The van der Waals surface area contributed by atoms with Gasteiger partial charge in [-0.15, -0.1) is 0 Å². The summed E-state index contributed by atoms with van der Waals surface area (Å²) < 4.78 is 42.5. The van der Waals surface area contributed by atoms with E-state index in [9.17, 15) is 18.0 Å². The molecule has 21 heavy (non-hydrogen) atoms. The van der Waals surface area contributed by atoms with Crippen LogP contribution < -0.4 is 5.73 Å². The largest absolute Gasteiger partial charge is 0.468 e. The van der Waals surface area contributed by atoms with Gasteiger partial charge in [-0.2, -0.15) is 13.2 Å². The van der Waals surface area contributed by atoms with E-state index in [0.717, 1.165) is 25.7 Å². The lowest BCUT2D eigenvalue weighted by molar-refractivity contribution is -0.151. The monoisotopic (exact) mass is 308 g/mol. The summed E-state index contributed by atoms with van der Waals surface area (Å²) >= 11 is 0. The van der Waals surface area contributed by atoms with Crippen molar-refractivity contribution in [3.8, 4) is 0 Å². The Labute approximate surface area is 122 Å². The van der Waals surface area contributed by atoms with Gasteiger partial charge in [-0.05, 0) is 44.6 Å². The molecular formula is C14H23F3N2O2. The van der Waals surface area contributed by atoms with Gasteiger partial charge in [-0.25, -0.2) is 0 Å². The van der Waals surface area contributed by atoms with Crippen molar-refractivity contribution in [1.29, 1.82) is 0 Å². The van der Waals surface area contributed by atoms with Gasteiger partial charge in [0.1, 0.15) is 5.54 Å². The van der Waals surface area contributed by atoms with Crippen LogP contribution in [0.3, 0.4) is 0 Å². The Morgan fingerprint density at radius 1 is 1.38 bits per heavy atom. The van der Waals surface area contributed by atoms with Gasteiger partial charge >= 0.3 is 12.1 Å². The van der Waals surface area contributed by atoms with Gasteiger partial charge in [0.25, 0.3) is 0 Å². The minimum atomic E-state index is -4.18. The molecule has 0 aromatic carbocycles. The maximum absolute atomic E-state index is 12.6. The Morgan fingerprint density at radius 3 is 2.57 bits per heavy atom. The molecule has 0 aromatic heterocycles. The third-order valence-electron chi connectivity index (χ3n) is 4.65. The van der Waals surface area contributed by atoms with Crippen LogP contribution in [0.15, 0.2) is 0 Å². The van der Waals surface area contributed by atoms with Crippen LogP contribution in [-0.4, -0.2) is 48.8 Å². The smallest absolute Gasteiger partial charge is 0.401 e. The molecule has 122 valence electrons. The average molecular weight is 308 g/mol. The third-order valence-corrected chi connectivity index (χ3v) is 4.65. The molecule has 2 saturated carbocycles. The highest BCUT2D eigenvalue weighted by Crippen LogP contribution is 2.38. The zero-order valence-electron chi connectivity index (χ0n) is 12.3. The number of esters is 1. The molecule has 0 heterocycles. The summed E-state index contributed by atoms with van der Waals surface area (Å²) in [5.74, 6) is -0.543. The Balaban J connectivity index is 1.92. The minimum absolute atomic E-state index is 0.0401. The highest BCUT2D eigenvalue weighted by molar-refractivity contribution is 5.81. The summed E-state index contributed by atoms with van der Waals surface area (Å²) in [6.45, 7) is -0.537. The van der Waals surface area contributed by atoms with E-state index in [0.29, 0.717) is 19.4 Å². The summed E-state index contributed by atoms with van der Waals surface area (Å²) in [5.41, 5.74) is 5.12. The van der Waals surface area contributed by atoms with Gasteiger partial charge in [0.05, 0.1) is 13.7 Å². The quantitative estimate of drug-likeness (QED) is 0.763. The number of hydrogen-bond acceptors (Lipinski definition) is 4. The van der Waals surface area contributed by atoms with Crippen molar-refractivity contribution >= 4 is 5.97 Å². The molecule has 0 amide bonds. The fraction of sp³-hybridized carbons (Fsp3) is 0.929. The first-order valence-corrected chi connectivity index (χ1v) is 7.44. The van der Waals surface area contributed by atoms with Crippen LogP contribution in [0, 0.1) is 5.92 Å². The first kappa shape index (κ1) is 16.5. The number of ether oxygens (including phenoxy) is 1. The zero-order chi connectivity index (χ0) is 15.7. The highest BCUT2D eigenvalue weighted by Gasteiger charge is 2.47. The van der Waals surface area contributed by atoms with Gasteiger partial charge in [-0.1, -0.05) is 6.42 Å². The van der Waals surface area contributed by atoms with Gasteiger partial charge in [0.2, 0.25) is 0 Å². The molecule has 2 aliphatic rings. The number of carbonyl (C=O) groups excluding carboxylic acids is 1. The van der Waals surface area contributed by atoms with Crippen molar-refractivity contribution in [2.24, 2.45) is 11.7 Å². The standard InChI is InChI=1S/C14H23F3N2O2/c1-21-12(20)13(18)7-2-3-10(13)6-8-19(11-4-5-11)9-14(15,16)17/h10-11H,2-9,18H2,1H3. The van der Waals surface area contributed by atoms with Gasteiger partial charge < -0.3 is 10.5 Å². The average Bonchev–Trinajstić information content (AvgIpc) is 3.17. The fourth-order valence-corrected chi connectivity index (χ4v) is 3.35. The Hall–Kier alpha value is -0.820. The molecule has 0 bridgehead atoms. The van der Waals surface area contributed by atoms with Gasteiger partial charge in [0, 0.05) is 6.04 Å². The number of nitrogens with zero attached hydrogens (tertiary/aromatic N) is 1. The molecule has 0 radical (unpaired) electrons. The first-order chi connectivity index (χ1) is 9.76. The predicted molar refractivity (Wildman–Crippen MR) is 71.5 cm³/mol. The van der Waals surface area contributed by atoms with E-state index in [1.165, 1.54) is 12.0 Å². The second-order valence-electron chi connectivity index (χ2n) is 6.23. The van der Waals surface area contributed by atoms with Crippen molar-refractivity contribution in [1.82, 2.24) is 4.90 Å². The van der Waals surface area contributed by atoms with Gasteiger partial charge in [0.15, 0.2) is 0 Å². The van der Waals surface area contributed by atoms with E-state index in [1.54, 1.807) is 0 Å². The number of carbonyl (C=O) groups is 1. The number of rotatable bonds is 6. The summed E-state index contributed by atoms with van der Waals surface area (Å²) in [4.78, 5) is 13.3. The van der Waals surface area contributed by atoms with E-state index < -0.39 is 24.2 Å². The number of nitrogens with two attached hydrogens (primary N) is 1. The normalized spacial score (nSPS) is 29.9. The molecule has 7 heteroatoms. The van der Waals surface area contributed by atoms with E-state index in [2.05, 4.69) is 0 Å². The van der Waals surface area contributed by atoms with E-state index >= 15 is 0 Å². The third kappa shape index (κ3) is 4.10. The molecule has 0 aliphatic heterocycles. The van der Waals surface area contributed by atoms with Crippen molar-refractivity contribution in [2.75, 3.05) is 20.2 Å². The molecule has 0 aromatic rings. The van der Waals surface area contributed by atoms with Crippen LogP contribution in [0.1, 0.15) is 38.5 Å². The Morgan fingerprint density at radius 2 is 2.05 bits per heavy atom. The molecule has 0 spiro atoms. The predicted octanol–water partition coefficient (Wildman–Crippen LogP) is 2.07. The Bertz CT molecular complexity index is 385. The molecular weight excluding hydrogens is 285 g/mol. The SMILES string of the molecule is COC(=O)C1(N)CCCC1CCN(CC(F)(F)F)C1CC1. The molecule has 4 nitrogen and oxygen atoms in total. The van der Waals surface area contributed by atoms with Crippen LogP contribution >= 0.6 is 0 Å². The Kier molecular flexibility index (Phi) is 4.82. The molecule has 2 rings (SSSR count). The minimum Gasteiger partial charge on any atom is -0.468 e. The van der Waals surface area contributed by atoms with E-state index in [-0.39, 0.29) is 12.0 Å². The second kappa shape index (κ2) is 6.12. The van der Waals surface area contributed by atoms with Crippen LogP contribution in [0.4, 0.5) is 13.2 Å². The first-order valence-electron chi connectivity index (χ1n) is 7.44. The molecule has 2 fully saturated rings. The molecule has 2 unspecified atom stereocenters. The van der Waals surface area contributed by atoms with E-state index in [4.69, 9.17) is 10.5 Å².